The van der Waals surface area contributed by atoms with Crippen LogP contribution in [0.4, 0.5) is 5.69 Å². The Hall–Kier alpha value is -2.50. The van der Waals surface area contributed by atoms with E-state index in [1.165, 1.54) is 7.11 Å². The van der Waals surface area contributed by atoms with Crippen molar-refractivity contribution in [1.29, 1.82) is 0 Å². The van der Waals surface area contributed by atoms with Crippen molar-refractivity contribution in [2.45, 2.75) is 27.0 Å². The number of methoxy groups -OCH3 is 1. The molecule has 1 aromatic heterocycles. The zero-order valence-corrected chi connectivity index (χ0v) is 12.4. The summed E-state index contributed by atoms with van der Waals surface area (Å²) in [5.74, 6) is -0.0477. The van der Waals surface area contributed by atoms with Crippen LogP contribution in [0.25, 0.3) is 0 Å². The Labute approximate surface area is 123 Å². The van der Waals surface area contributed by atoms with Crippen molar-refractivity contribution < 1.29 is 14.3 Å². The van der Waals surface area contributed by atoms with Crippen LogP contribution in [0.15, 0.2) is 24.3 Å². The van der Waals surface area contributed by atoms with Gasteiger partial charge in [-0.25, -0.2) is 4.79 Å². The van der Waals surface area contributed by atoms with E-state index in [-0.39, 0.29) is 0 Å². The number of aromatic nitrogens is 2. The van der Waals surface area contributed by atoms with E-state index in [0.29, 0.717) is 23.6 Å². The normalized spacial score (nSPS) is 10.4. The van der Waals surface area contributed by atoms with Gasteiger partial charge in [0.1, 0.15) is 17.9 Å². The first kappa shape index (κ1) is 14.9. The van der Waals surface area contributed by atoms with Gasteiger partial charge in [-0.15, -0.1) is 0 Å². The van der Waals surface area contributed by atoms with Gasteiger partial charge in [0.15, 0.2) is 0 Å². The second-order valence-corrected chi connectivity index (χ2v) is 4.63. The van der Waals surface area contributed by atoms with E-state index >= 15 is 0 Å². The van der Waals surface area contributed by atoms with Gasteiger partial charge in [0.25, 0.3) is 0 Å². The summed E-state index contributed by atoms with van der Waals surface area (Å²) in [6, 6.07) is 6.80. The fourth-order valence-electron chi connectivity index (χ4n) is 2.08. The molecule has 0 spiro atoms. The number of anilines is 1. The van der Waals surface area contributed by atoms with Crippen molar-refractivity contribution in [2.24, 2.45) is 0 Å². The Kier molecular flexibility index (Phi) is 4.47. The molecule has 0 aliphatic rings. The van der Waals surface area contributed by atoms with Gasteiger partial charge in [0.05, 0.1) is 18.5 Å². The Morgan fingerprint density at radius 3 is 2.81 bits per heavy atom. The van der Waals surface area contributed by atoms with Crippen molar-refractivity contribution in [2.75, 3.05) is 12.8 Å². The maximum absolute atomic E-state index is 11.7. The molecule has 0 bridgehead atoms. The van der Waals surface area contributed by atoms with Gasteiger partial charge < -0.3 is 15.2 Å². The molecular formula is C15H19N3O3. The number of aryl methyl sites for hydroxylation is 2. The van der Waals surface area contributed by atoms with Crippen LogP contribution < -0.4 is 10.5 Å². The van der Waals surface area contributed by atoms with Crippen LogP contribution in [0, 0.1) is 6.92 Å². The maximum Gasteiger partial charge on any atom is 0.341 e. The van der Waals surface area contributed by atoms with Gasteiger partial charge in [0, 0.05) is 18.3 Å². The molecule has 0 fully saturated rings. The van der Waals surface area contributed by atoms with Crippen molar-refractivity contribution >= 4 is 11.7 Å². The number of benzene rings is 1. The lowest BCUT2D eigenvalue weighted by atomic mass is 10.2. The molecule has 0 aliphatic heterocycles. The smallest absolute Gasteiger partial charge is 0.341 e. The highest BCUT2D eigenvalue weighted by molar-refractivity contribution is 5.93. The number of nitrogens with two attached hydrogens (primary N) is 1. The monoisotopic (exact) mass is 289 g/mol. The minimum atomic E-state index is -0.454. The summed E-state index contributed by atoms with van der Waals surface area (Å²) in [4.78, 5) is 11.7. The topological polar surface area (TPSA) is 79.4 Å². The van der Waals surface area contributed by atoms with E-state index in [2.05, 4.69) is 5.10 Å². The van der Waals surface area contributed by atoms with Crippen molar-refractivity contribution in [3.63, 3.8) is 0 Å². The van der Waals surface area contributed by atoms with Crippen LogP contribution in [0.1, 0.15) is 28.7 Å². The third-order valence-electron chi connectivity index (χ3n) is 3.07. The molecule has 1 aromatic carbocycles. The standard InChI is InChI=1S/C15H19N3O3/c1-4-18-12(7-10(2)17-18)9-21-14-8-11(16)5-6-13(14)15(19)20-3/h5-8H,4,9,16H2,1-3H3. The SMILES string of the molecule is CCn1nc(C)cc1COc1cc(N)ccc1C(=O)OC. The third kappa shape index (κ3) is 3.34. The van der Waals surface area contributed by atoms with Gasteiger partial charge in [0.2, 0.25) is 0 Å². The molecule has 0 unspecified atom stereocenters. The fourth-order valence-corrected chi connectivity index (χ4v) is 2.08. The Balaban J connectivity index is 2.22. The second kappa shape index (κ2) is 6.30. The molecule has 0 radical (unpaired) electrons. The minimum Gasteiger partial charge on any atom is -0.486 e. The Morgan fingerprint density at radius 2 is 2.14 bits per heavy atom. The molecule has 2 N–H and O–H groups in total. The first-order valence-corrected chi connectivity index (χ1v) is 6.69. The van der Waals surface area contributed by atoms with E-state index in [1.54, 1.807) is 18.2 Å². The highest BCUT2D eigenvalue weighted by atomic mass is 16.5. The number of hydrogen-bond donors (Lipinski definition) is 1. The van der Waals surface area contributed by atoms with Crippen LogP contribution in [-0.2, 0) is 17.9 Å². The van der Waals surface area contributed by atoms with E-state index in [4.69, 9.17) is 15.2 Å². The average molecular weight is 289 g/mol. The van der Waals surface area contributed by atoms with E-state index < -0.39 is 5.97 Å². The van der Waals surface area contributed by atoms with Crippen LogP contribution >= 0.6 is 0 Å². The summed E-state index contributed by atoms with van der Waals surface area (Å²) in [5, 5.41) is 4.35. The quantitative estimate of drug-likeness (QED) is 0.674. The highest BCUT2D eigenvalue weighted by Crippen LogP contribution is 2.24. The predicted octanol–water partition coefficient (Wildman–Crippen LogP) is 2.16. The van der Waals surface area contributed by atoms with Crippen molar-refractivity contribution in [1.82, 2.24) is 9.78 Å². The first-order valence-electron chi connectivity index (χ1n) is 6.69. The van der Waals surface area contributed by atoms with Crippen molar-refractivity contribution in [3.05, 3.63) is 41.2 Å². The van der Waals surface area contributed by atoms with E-state index in [0.717, 1.165) is 17.9 Å². The molecule has 0 aliphatic carbocycles. The molecule has 0 saturated heterocycles. The lowest BCUT2D eigenvalue weighted by Crippen LogP contribution is -2.09. The molecule has 2 rings (SSSR count). The summed E-state index contributed by atoms with van der Waals surface area (Å²) < 4.78 is 12.3. The number of rotatable bonds is 5. The first-order chi connectivity index (χ1) is 10.0. The minimum absolute atomic E-state index is 0.308. The molecule has 6 nitrogen and oxygen atoms in total. The lowest BCUT2D eigenvalue weighted by molar-refractivity contribution is 0.0595. The Bertz CT molecular complexity index is 650. The van der Waals surface area contributed by atoms with E-state index in [9.17, 15) is 4.79 Å². The third-order valence-corrected chi connectivity index (χ3v) is 3.07. The zero-order chi connectivity index (χ0) is 15.4. The predicted molar refractivity (Wildman–Crippen MR) is 79.2 cm³/mol. The molecule has 0 atom stereocenters. The van der Waals surface area contributed by atoms with Crippen LogP contribution in [-0.4, -0.2) is 22.9 Å². The molecule has 0 amide bonds. The largest absolute Gasteiger partial charge is 0.486 e. The maximum atomic E-state index is 11.7. The number of nitrogens with zero attached hydrogens (tertiary/aromatic N) is 2. The van der Waals surface area contributed by atoms with Crippen LogP contribution in [0.2, 0.25) is 0 Å². The molecule has 21 heavy (non-hydrogen) atoms. The molecule has 0 saturated carbocycles. The number of nitrogen functional groups attached to an aromatic ring is 1. The highest BCUT2D eigenvalue weighted by Gasteiger charge is 2.14. The van der Waals surface area contributed by atoms with Crippen LogP contribution in [0.5, 0.6) is 5.75 Å². The van der Waals surface area contributed by atoms with E-state index in [1.807, 2.05) is 24.6 Å². The number of carbonyl (C=O) groups is 1. The van der Waals surface area contributed by atoms with Crippen molar-refractivity contribution in [3.8, 4) is 5.75 Å². The average Bonchev–Trinajstić information content (AvgIpc) is 2.84. The lowest BCUT2D eigenvalue weighted by Gasteiger charge is -2.11. The van der Waals surface area contributed by atoms with Gasteiger partial charge in [-0.3, -0.25) is 4.68 Å². The summed E-state index contributed by atoms with van der Waals surface area (Å²) in [7, 11) is 1.33. The molecule has 6 heteroatoms. The molecular weight excluding hydrogens is 270 g/mol. The summed E-state index contributed by atoms with van der Waals surface area (Å²) in [5.41, 5.74) is 8.49. The van der Waals surface area contributed by atoms with Gasteiger partial charge in [-0.2, -0.15) is 5.10 Å². The second-order valence-electron chi connectivity index (χ2n) is 4.63. The number of hydrogen-bond acceptors (Lipinski definition) is 5. The summed E-state index contributed by atoms with van der Waals surface area (Å²) in [6.07, 6.45) is 0. The molecule has 112 valence electrons. The Morgan fingerprint density at radius 1 is 1.38 bits per heavy atom. The number of ether oxygens (including phenoxy) is 2. The van der Waals surface area contributed by atoms with Gasteiger partial charge in [-0.05, 0) is 32.0 Å². The number of carbonyl (C=O) groups excluding carboxylic acids is 1. The summed E-state index contributed by atoms with van der Waals surface area (Å²) >= 11 is 0. The number of esters is 1. The molecule has 1 heterocycles. The zero-order valence-electron chi connectivity index (χ0n) is 12.4. The van der Waals surface area contributed by atoms with Gasteiger partial charge in [-0.1, -0.05) is 0 Å². The fraction of sp³-hybridized carbons (Fsp3) is 0.333. The van der Waals surface area contributed by atoms with Crippen LogP contribution in [0.3, 0.4) is 0 Å². The molecule has 2 aromatic rings. The summed E-state index contributed by atoms with van der Waals surface area (Å²) in [6.45, 7) is 5.00. The van der Waals surface area contributed by atoms with Gasteiger partial charge >= 0.3 is 5.97 Å².